The van der Waals surface area contributed by atoms with Gasteiger partial charge in [-0.1, -0.05) is 84.4 Å². The second kappa shape index (κ2) is 23.7. The van der Waals surface area contributed by atoms with E-state index in [1.165, 1.54) is 0 Å². The van der Waals surface area contributed by atoms with Crippen molar-refractivity contribution in [1.82, 2.24) is 0 Å². The van der Waals surface area contributed by atoms with Crippen LogP contribution < -0.4 is 4.52 Å². The third-order valence-corrected chi connectivity index (χ3v) is 7.44. The molecule has 1 rings (SSSR count). The number of unbranched alkanes of at least 4 members (excludes halogenated alkanes) is 2. The van der Waals surface area contributed by atoms with Crippen molar-refractivity contribution in [3.05, 3.63) is 30.3 Å². The molecule has 0 aliphatic rings. The Hall–Kier alpha value is -0.940. The first-order valence-corrected chi connectivity index (χ1v) is 16.0. The second-order valence-corrected chi connectivity index (χ2v) is 11.4. The molecule has 0 heterocycles. The number of hydrogen-bond donors (Lipinski definition) is 2. The molecule has 0 aliphatic heterocycles. The number of para-hydroxylation sites is 1. The first-order chi connectivity index (χ1) is 18.0. The summed E-state index contributed by atoms with van der Waals surface area (Å²) in [6, 6.07) is 8.53. The van der Waals surface area contributed by atoms with Crippen molar-refractivity contribution in [3.8, 4) is 5.75 Å². The minimum atomic E-state index is -4.76. The van der Waals surface area contributed by atoms with Gasteiger partial charge in [0.25, 0.3) is 10.1 Å². The minimum absolute atomic E-state index is 0. The topological polar surface area (TPSA) is 154 Å². The first-order valence-electron chi connectivity index (χ1n) is 13.2. The summed E-state index contributed by atoms with van der Waals surface area (Å²) in [6.45, 7) is 8.35. The van der Waals surface area contributed by atoms with Crippen LogP contribution in [0.3, 0.4) is 0 Å². The fraction of sp³-hybridized carbons (Fsp3) is 0.692. The monoisotopic (exact) mass is 604 g/mol. The van der Waals surface area contributed by atoms with Crippen LogP contribution in [0.2, 0.25) is 0 Å². The van der Waals surface area contributed by atoms with Crippen LogP contribution in [0, 0.1) is 11.8 Å². The van der Waals surface area contributed by atoms with Crippen molar-refractivity contribution in [2.24, 2.45) is 11.8 Å². The molecular weight excluding hydrogens is 558 g/mol. The van der Waals surface area contributed by atoms with E-state index >= 15 is 0 Å². The fourth-order valence-electron chi connectivity index (χ4n) is 3.41. The molecule has 0 radical (unpaired) electrons. The van der Waals surface area contributed by atoms with Gasteiger partial charge in [0.2, 0.25) is 0 Å². The van der Waals surface area contributed by atoms with Crippen molar-refractivity contribution < 1.29 is 46.0 Å². The van der Waals surface area contributed by atoms with Gasteiger partial charge in [-0.15, -0.1) is 0 Å². The Kier molecular flexibility index (Phi) is 24.5. The summed E-state index contributed by atoms with van der Waals surface area (Å²) >= 11 is 0. The number of rotatable bonds is 18. The normalized spacial score (nSPS) is 13.9. The maximum atomic E-state index is 12.2. The van der Waals surface area contributed by atoms with Crippen LogP contribution in [0.15, 0.2) is 30.3 Å². The summed E-state index contributed by atoms with van der Waals surface area (Å²) in [5.74, 6) is -1.18. The van der Waals surface area contributed by atoms with Crippen LogP contribution in [0.4, 0.5) is 0 Å². The average molecular weight is 605 g/mol. The van der Waals surface area contributed by atoms with Crippen LogP contribution >= 0.6 is 8.25 Å². The summed E-state index contributed by atoms with van der Waals surface area (Å²) in [6.07, 6.45) is 6.74. The molecule has 10 nitrogen and oxygen atoms in total. The van der Waals surface area contributed by atoms with Gasteiger partial charge in [0.15, 0.2) is 5.25 Å². The van der Waals surface area contributed by atoms with E-state index in [2.05, 4.69) is 18.4 Å². The van der Waals surface area contributed by atoms with E-state index in [9.17, 15) is 27.1 Å². The summed E-state index contributed by atoms with van der Waals surface area (Å²) in [7, 11) is -7.60. The molecule has 0 spiro atoms. The molecule has 0 amide bonds. The molecule has 0 aromatic heterocycles. The van der Waals surface area contributed by atoms with Crippen LogP contribution in [0.5, 0.6) is 5.75 Å². The Morgan fingerprint density at radius 1 is 0.897 bits per heavy atom. The Morgan fingerprint density at radius 3 is 1.79 bits per heavy atom. The Morgan fingerprint density at radius 2 is 1.38 bits per heavy atom. The van der Waals surface area contributed by atoms with E-state index in [0.29, 0.717) is 5.75 Å². The Balaban J connectivity index is 0. The average Bonchev–Trinajstić information content (AvgIpc) is 2.87. The molecule has 2 N–H and O–H groups in total. The third-order valence-electron chi connectivity index (χ3n) is 5.95. The zero-order valence-corrected chi connectivity index (χ0v) is 24.8. The molecule has 0 aliphatic carbocycles. The predicted molar refractivity (Wildman–Crippen MR) is 154 cm³/mol. The zero-order valence-electron chi connectivity index (χ0n) is 23.0. The molecule has 39 heavy (non-hydrogen) atoms. The van der Waals surface area contributed by atoms with Crippen molar-refractivity contribution >= 4 is 59.9 Å². The van der Waals surface area contributed by atoms with Gasteiger partial charge in [-0.2, -0.15) is 8.42 Å². The molecule has 0 saturated carbocycles. The number of ether oxygens (including phenoxy) is 2. The van der Waals surface area contributed by atoms with Gasteiger partial charge in [0.05, 0.1) is 19.6 Å². The van der Waals surface area contributed by atoms with Gasteiger partial charge >= 0.3 is 49.8 Å². The van der Waals surface area contributed by atoms with E-state index in [-0.39, 0.29) is 54.6 Å². The number of carbonyl (C=O) groups is 2. The molecule has 0 saturated heterocycles. The van der Waals surface area contributed by atoms with Crippen LogP contribution in [0.25, 0.3) is 0 Å². The van der Waals surface area contributed by atoms with Gasteiger partial charge in [-0.25, -0.2) is 4.57 Å². The summed E-state index contributed by atoms with van der Waals surface area (Å²) < 4.78 is 57.4. The van der Waals surface area contributed by atoms with E-state index in [0.717, 1.165) is 51.4 Å². The van der Waals surface area contributed by atoms with Gasteiger partial charge in [-0.3, -0.25) is 14.1 Å². The van der Waals surface area contributed by atoms with E-state index in [1.54, 1.807) is 30.3 Å². The molecule has 4 atom stereocenters. The van der Waals surface area contributed by atoms with Gasteiger partial charge < -0.3 is 18.9 Å². The summed E-state index contributed by atoms with van der Waals surface area (Å²) in [5.41, 5.74) is 0. The van der Waals surface area contributed by atoms with Crippen molar-refractivity contribution in [2.45, 2.75) is 90.7 Å². The SMILES string of the molecule is CCCCC(CC)COC(=O)CC(C(=O)OCC(CC)CCCC)S(=O)(=O)O.O=[PH](O)Oc1ccccc1.[NaH]. The van der Waals surface area contributed by atoms with Crippen LogP contribution in [0.1, 0.15) is 85.5 Å². The number of esters is 2. The Bertz CT molecular complexity index is 915. The standard InChI is InChI=1S/C20H38O7S.C6H7O3P.Na.H/c1-5-9-11-16(7-3)14-26-19(21)13-18(28(23,24)25)20(22)27-15-17(8-4)12-10-6-2;7-10(8)9-6-4-2-1-3-5-6;;/h16-18H,5-15H2,1-4H3,(H,23,24,25);1-5,10H,(H,7,8);;. The maximum absolute atomic E-state index is 12.2. The summed E-state index contributed by atoms with van der Waals surface area (Å²) in [5, 5.41) is -1.95. The van der Waals surface area contributed by atoms with E-state index in [1.807, 2.05) is 13.8 Å². The molecule has 13 heteroatoms. The van der Waals surface area contributed by atoms with Gasteiger partial charge in [0.1, 0.15) is 5.75 Å². The second-order valence-electron chi connectivity index (χ2n) is 9.03. The number of hydrogen-bond acceptors (Lipinski definition) is 8. The molecule has 222 valence electrons. The zero-order chi connectivity index (χ0) is 29.0. The molecule has 4 unspecified atom stereocenters. The molecule has 1 aromatic carbocycles. The van der Waals surface area contributed by atoms with Crippen LogP contribution in [-0.4, -0.2) is 77.8 Å². The van der Waals surface area contributed by atoms with E-state index < -0.39 is 42.0 Å². The van der Waals surface area contributed by atoms with Gasteiger partial charge in [-0.05, 0) is 36.8 Å². The molecule has 0 bridgehead atoms. The quantitative estimate of drug-likeness (QED) is 0.102. The molecular formula is C26H46NaO10PS. The van der Waals surface area contributed by atoms with Crippen molar-refractivity contribution in [3.63, 3.8) is 0 Å². The van der Waals surface area contributed by atoms with E-state index in [4.69, 9.17) is 14.4 Å². The first kappa shape index (κ1) is 40.2. The number of benzene rings is 1. The summed E-state index contributed by atoms with van der Waals surface area (Å²) in [4.78, 5) is 32.5. The molecule has 0 fully saturated rings. The fourth-order valence-corrected chi connectivity index (χ4v) is 4.41. The Labute approximate surface area is 256 Å². The van der Waals surface area contributed by atoms with Crippen LogP contribution in [-0.2, 0) is 33.7 Å². The van der Waals surface area contributed by atoms with Crippen molar-refractivity contribution in [1.29, 1.82) is 0 Å². The van der Waals surface area contributed by atoms with Gasteiger partial charge in [0, 0.05) is 0 Å². The number of carbonyl (C=O) groups excluding carboxylic acids is 2. The van der Waals surface area contributed by atoms with Crippen molar-refractivity contribution in [2.75, 3.05) is 13.2 Å². The predicted octanol–water partition coefficient (Wildman–Crippen LogP) is 4.95. The molecule has 1 aromatic rings. The third kappa shape index (κ3) is 20.6.